The summed E-state index contributed by atoms with van der Waals surface area (Å²) in [5, 5.41) is 19.2. The zero-order chi connectivity index (χ0) is 14.8. The Morgan fingerprint density at radius 2 is 2.05 bits per heavy atom. The van der Waals surface area contributed by atoms with Crippen LogP contribution in [0.3, 0.4) is 0 Å². The molecule has 0 bridgehead atoms. The number of rotatable bonds is 5. The molecule has 1 aliphatic heterocycles. The van der Waals surface area contributed by atoms with E-state index in [2.05, 4.69) is 0 Å². The molecule has 1 saturated heterocycles. The van der Waals surface area contributed by atoms with Crippen LogP contribution in [0.2, 0.25) is 0 Å². The largest absolute Gasteiger partial charge is 0.481 e. The molecular formula is C12H23NO5S. The van der Waals surface area contributed by atoms with E-state index in [-0.39, 0.29) is 36.9 Å². The lowest BCUT2D eigenvalue weighted by molar-refractivity contribution is -0.138. The maximum Gasteiger partial charge on any atom is 0.304 e. The van der Waals surface area contributed by atoms with Gasteiger partial charge in [-0.15, -0.1) is 0 Å². The summed E-state index contributed by atoms with van der Waals surface area (Å²) in [7, 11) is -3.17. The molecule has 0 radical (unpaired) electrons. The van der Waals surface area contributed by atoms with E-state index in [9.17, 15) is 18.3 Å². The Bertz CT molecular complexity index is 429. The Balaban J connectivity index is 2.82. The van der Waals surface area contributed by atoms with Crippen molar-refractivity contribution in [2.45, 2.75) is 38.8 Å². The fraction of sp³-hybridized carbons (Fsp3) is 0.917. The molecule has 1 fully saturated rings. The lowest BCUT2D eigenvalue weighted by Gasteiger charge is -2.40. The molecule has 0 amide bonds. The summed E-state index contributed by atoms with van der Waals surface area (Å²) in [4.78, 5) is 12.6. The molecule has 0 aromatic heterocycles. The normalized spacial score (nSPS) is 27.1. The lowest BCUT2D eigenvalue weighted by atomic mass is 9.91. The van der Waals surface area contributed by atoms with E-state index in [1.807, 2.05) is 13.8 Å². The van der Waals surface area contributed by atoms with Crippen LogP contribution >= 0.6 is 0 Å². The van der Waals surface area contributed by atoms with Gasteiger partial charge in [0.25, 0.3) is 0 Å². The summed E-state index contributed by atoms with van der Waals surface area (Å²) in [5.41, 5.74) is -0.960. The third-order valence-electron chi connectivity index (χ3n) is 3.83. The summed E-state index contributed by atoms with van der Waals surface area (Å²) in [6.45, 7) is 6.03. The Morgan fingerprint density at radius 1 is 1.47 bits per heavy atom. The molecule has 1 heterocycles. The highest BCUT2D eigenvalue weighted by molar-refractivity contribution is 7.91. The van der Waals surface area contributed by atoms with Crippen LogP contribution in [-0.4, -0.2) is 65.7 Å². The number of hydrogen-bond acceptors (Lipinski definition) is 5. The van der Waals surface area contributed by atoms with E-state index in [0.717, 1.165) is 0 Å². The fourth-order valence-electron chi connectivity index (χ4n) is 2.11. The Hall–Kier alpha value is -0.660. The fourth-order valence-corrected chi connectivity index (χ4v) is 3.71. The molecule has 6 nitrogen and oxygen atoms in total. The van der Waals surface area contributed by atoms with E-state index in [0.29, 0.717) is 0 Å². The number of nitrogens with zero attached hydrogens (tertiary/aromatic N) is 1. The maximum atomic E-state index is 11.6. The predicted molar refractivity (Wildman–Crippen MR) is 71.7 cm³/mol. The first kappa shape index (κ1) is 16.4. The topological polar surface area (TPSA) is 94.9 Å². The first-order chi connectivity index (χ1) is 8.53. The third-order valence-corrected chi connectivity index (χ3v) is 5.53. The molecule has 2 unspecified atom stereocenters. The smallest absolute Gasteiger partial charge is 0.304 e. The zero-order valence-corrected chi connectivity index (χ0v) is 12.5. The Labute approximate surface area is 114 Å². The molecule has 0 aromatic rings. The Kier molecular flexibility index (Phi) is 4.97. The molecule has 0 aliphatic carbocycles. The van der Waals surface area contributed by atoms with Gasteiger partial charge in [0.05, 0.1) is 23.5 Å². The van der Waals surface area contributed by atoms with Gasteiger partial charge in [0.1, 0.15) is 0 Å². The van der Waals surface area contributed by atoms with Crippen molar-refractivity contribution in [3.63, 3.8) is 0 Å². The van der Waals surface area contributed by atoms with Gasteiger partial charge in [0.15, 0.2) is 9.84 Å². The van der Waals surface area contributed by atoms with Crippen LogP contribution in [0, 0.1) is 5.92 Å². The predicted octanol–water partition coefficient (Wildman–Crippen LogP) is -0.0329. The van der Waals surface area contributed by atoms with Crippen molar-refractivity contribution in [1.82, 2.24) is 4.90 Å². The van der Waals surface area contributed by atoms with E-state index >= 15 is 0 Å². The van der Waals surface area contributed by atoms with Gasteiger partial charge in [0.2, 0.25) is 0 Å². The number of carboxylic acids is 1. The monoisotopic (exact) mass is 293 g/mol. The highest BCUT2D eigenvalue weighted by atomic mass is 32.2. The number of hydrogen-bond donors (Lipinski definition) is 2. The molecule has 112 valence electrons. The average Bonchev–Trinajstić information content (AvgIpc) is 2.20. The third kappa shape index (κ3) is 4.74. The van der Waals surface area contributed by atoms with E-state index in [1.54, 1.807) is 11.8 Å². The first-order valence-corrected chi connectivity index (χ1v) is 8.24. The number of carbonyl (C=O) groups is 1. The summed E-state index contributed by atoms with van der Waals surface area (Å²) < 4.78 is 23.2. The molecule has 2 atom stereocenters. The molecule has 19 heavy (non-hydrogen) atoms. The number of aliphatic hydroxyl groups is 1. The van der Waals surface area contributed by atoms with Gasteiger partial charge in [-0.1, -0.05) is 13.8 Å². The quantitative estimate of drug-likeness (QED) is 0.739. The number of sulfone groups is 1. The van der Waals surface area contributed by atoms with Gasteiger partial charge < -0.3 is 10.2 Å². The van der Waals surface area contributed by atoms with E-state index in [4.69, 9.17) is 5.11 Å². The van der Waals surface area contributed by atoms with E-state index in [1.165, 1.54) is 0 Å². The van der Waals surface area contributed by atoms with Crippen LogP contribution in [0.5, 0.6) is 0 Å². The summed E-state index contributed by atoms with van der Waals surface area (Å²) in [5.74, 6) is -1.13. The van der Waals surface area contributed by atoms with Crippen LogP contribution in [0.15, 0.2) is 0 Å². The van der Waals surface area contributed by atoms with Crippen molar-refractivity contribution in [2.24, 2.45) is 5.92 Å². The van der Waals surface area contributed by atoms with Gasteiger partial charge in [-0.2, -0.15) is 0 Å². The molecule has 1 aliphatic rings. The van der Waals surface area contributed by atoms with Crippen LogP contribution < -0.4 is 0 Å². The first-order valence-electron chi connectivity index (χ1n) is 6.42. The minimum Gasteiger partial charge on any atom is -0.481 e. The lowest BCUT2D eigenvalue weighted by Crippen LogP contribution is -2.55. The molecule has 1 rings (SSSR count). The molecular weight excluding hydrogens is 270 g/mol. The highest BCUT2D eigenvalue weighted by Gasteiger charge is 2.37. The van der Waals surface area contributed by atoms with Crippen LogP contribution in [0.25, 0.3) is 0 Å². The second-order valence-corrected chi connectivity index (χ2v) is 8.08. The van der Waals surface area contributed by atoms with Crippen LogP contribution in [-0.2, 0) is 14.6 Å². The van der Waals surface area contributed by atoms with Crippen molar-refractivity contribution >= 4 is 15.8 Å². The summed E-state index contributed by atoms with van der Waals surface area (Å²) in [6, 6.07) is -0.554. The average molecular weight is 293 g/mol. The zero-order valence-electron chi connectivity index (χ0n) is 11.7. The minimum absolute atomic E-state index is 0.0107. The standard InChI is InChI=1S/C12H23NO5S/c1-9(2)12(3,16)8-13-4-5-19(17,18)7-10(13)6-11(14)15/h9-10,16H,4-8H2,1-3H3,(H,14,15). The highest BCUT2D eigenvalue weighted by Crippen LogP contribution is 2.22. The molecule has 7 heteroatoms. The van der Waals surface area contributed by atoms with Gasteiger partial charge in [-0.05, 0) is 12.8 Å². The molecule has 0 saturated carbocycles. The maximum absolute atomic E-state index is 11.6. The number of carboxylic acid groups (broad SMARTS) is 1. The summed E-state index contributed by atoms with van der Waals surface area (Å²) >= 11 is 0. The molecule has 0 aromatic carbocycles. The minimum atomic E-state index is -3.17. The Morgan fingerprint density at radius 3 is 2.53 bits per heavy atom. The SMILES string of the molecule is CC(C)C(C)(O)CN1CCS(=O)(=O)CC1CC(=O)O. The van der Waals surface area contributed by atoms with Gasteiger partial charge in [0, 0.05) is 19.1 Å². The van der Waals surface area contributed by atoms with Gasteiger partial charge in [-0.3, -0.25) is 9.69 Å². The van der Waals surface area contributed by atoms with Crippen molar-refractivity contribution in [3.8, 4) is 0 Å². The second kappa shape index (κ2) is 5.76. The second-order valence-electron chi connectivity index (χ2n) is 5.85. The molecule has 2 N–H and O–H groups in total. The van der Waals surface area contributed by atoms with E-state index < -0.39 is 27.4 Å². The van der Waals surface area contributed by atoms with Crippen molar-refractivity contribution in [3.05, 3.63) is 0 Å². The molecule has 0 spiro atoms. The van der Waals surface area contributed by atoms with Crippen molar-refractivity contribution < 1.29 is 23.4 Å². The van der Waals surface area contributed by atoms with Crippen molar-refractivity contribution in [1.29, 1.82) is 0 Å². The number of aliphatic carboxylic acids is 1. The van der Waals surface area contributed by atoms with Crippen molar-refractivity contribution in [2.75, 3.05) is 24.6 Å². The van der Waals surface area contributed by atoms with Crippen LogP contribution in [0.1, 0.15) is 27.2 Å². The summed E-state index contributed by atoms with van der Waals surface area (Å²) in [6.07, 6.45) is -0.215. The van der Waals surface area contributed by atoms with Gasteiger partial charge >= 0.3 is 5.97 Å². The van der Waals surface area contributed by atoms with Gasteiger partial charge in [-0.25, -0.2) is 8.42 Å². The van der Waals surface area contributed by atoms with Crippen LogP contribution in [0.4, 0.5) is 0 Å². The number of β-amino-alcohol motifs (C(OH)–C–C–N with tert-alkyl or cyclic N) is 1.